The van der Waals surface area contributed by atoms with Crippen LogP contribution in [0.2, 0.25) is 0 Å². The maximum Gasteiger partial charge on any atom is 0.132 e. The minimum Gasteiger partial charge on any atom is -0.326 e. The molecule has 0 amide bonds. The van der Waals surface area contributed by atoms with E-state index in [1.165, 1.54) is 4.88 Å². The molecule has 0 spiro atoms. The molecule has 0 unspecified atom stereocenters. The molecule has 5 heteroatoms. The Kier molecular flexibility index (Phi) is 5.10. The van der Waals surface area contributed by atoms with Crippen molar-refractivity contribution < 1.29 is 4.39 Å². The largest absolute Gasteiger partial charge is 0.326 e. The number of hydrogen-bond acceptors (Lipinski definition) is 3. The number of nitrogens with zero attached hydrogens (tertiary/aromatic N) is 1. The van der Waals surface area contributed by atoms with Crippen LogP contribution in [0.25, 0.3) is 0 Å². The quantitative estimate of drug-likeness (QED) is 0.896. The Morgan fingerprint density at radius 1 is 1.32 bits per heavy atom. The summed E-state index contributed by atoms with van der Waals surface area (Å²) in [5, 5.41) is 2.05. The van der Waals surface area contributed by atoms with E-state index in [-0.39, 0.29) is 12.4 Å². The third-order valence-corrected chi connectivity index (χ3v) is 4.55. The van der Waals surface area contributed by atoms with Gasteiger partial charge < -0.3 is 5.73 Å². The van der Waals surface area contributed by atoms with Gasteiger partial charge in [0.05, 0.1) is 0 Å². The normalized spacial score (nSPS) is 11.2. The van der Waals surface area contributed by atoms with E-state index in [1.54, 1.807) is 17.4 Å². The molecule has 0 aliphatic heterocycles. The zero-order chi connectivity index (χ0) is 13.8. The van der Waals surface area contributed by atoms with Crippen LogP contribution < -0.4 is 5.73 Å². The molecule has 2 rings (SSSR count). The second-order valence-electron chi connectivity index (χ2n) is 4.50. The first-order valence-electron chi connectivity index (χ1n) is 5.98. The highest BCUT2D eigenvalue weighted by Gasteiger charge is 2.10. The van der Waals surface area contributed by atoms with Gasteiger partial charge in [-0.25, -0.2) is 4.39 Å². The van der Waals surface area contributed by atoms with E-state index in [2.05, 4.69) is 32.3 Å². The fraction of sp³-hybridized carbons (Fsp3) is 0.286. The molecule has 0 radical (unpaired) electrons. The second kappa shape index (κ2) is 6.61. The van der Waals surface area contributed by atoms with Crippen molar-refractivity contribution >= 4 is 27.3 Å². The van der Waals surface area contributed by atoms with Gasteiger partial charge in [0, 0.05) is 45.5 Å². The summed E-state index contributed by atoms with van der Waals surface area (Å²) in [6.45, 7) is 1.62. The molecule has 0 aliphatic rings. The summed E-state index contributed by atoms with van der Waals surface area (Å²) in [5.41, 5.74) is 6.79. The van der Waals surface area contributed by atoms with E-state index < -0.39 is 0 Å². The third kappa shape index (κ3) is 3.86. The minimum absolute atomic E-state index is 0.177. The number of nitrogens with two attached hydrogens (primary N) is 1. The van der Waals surface area contributed by atoms with E-state index in [1.807, 2.05) is 19.2 Å². The third-order valence-electron chi connectivity index (χ3n) is 2.87. The lowest BCUT2D eigenvalue weighted by Gasteiger charge is -2.17. The second-order valence-corrected chi connectivity index (χ2v) is 6.41. The van der Waals surface area contributed by atoms with Gasteiger partial charge in [-0.05, 0) is 29.0 Å². The Hall–Kier alpha value is -0.750. The van der Waals surface area contributed by atoms with Crippen LogP contribution >= 0.6 is 27.3 Å². The van der Waals surface area contributed by atoms with Crippen molar-refractivity contribution in [1.29, 1.82) is 0 Å². The van der Waals surface area contributed by atoms with Crippen LogP contribution in [-0.2, 0) is 19.6 Å². The van der Waals surface area contributed by atoms with Crippen LogP contribution in [-0.4, -0.2) is 11.9 Å². The van der Waals surface area contributed by atoms with Crippen LogP contribution in [0.1, 0.15) is 16.0 Å². The first kappa shape index (κ1) is 14.7. The minimum atomic E-state index is -0.177. The molecule has 0 saturated carbocycles. The van der Waals surface area contributed by atoms with E-state index in [0.717, 1.165) is 11.0 Å². The average molecular weight is 343 g/mol. The van der Waals surface area contributed by atoms with Gasteiger partial charge in [-0.15, -0.1) is 11.3 Å². The predicted octanol–water partition coefficient (Wildman–Crippen LogP) is 3.74. The van der Waals surface area contributed by atoms with Gasteiger partial charge in [0.1, 0.15) is 5.82 Å². The Balaban J connectivity index is 2.04. The van der Waals surface area contributed by atoms with E-state index in [9.17, 15) is 4.39 Å². The van der Waals surface area contributed by atoms with Crippen LogP contribution in [0.3, 0.4) is 0 Å². The molecule has 0 atom stereocenters. The lowest BCUT2D eigenvalue weighted by atomic mass is 10.1. The molecule has 102 valence electrons. The lowest BCUT2D eigenvalue weighted by Crippen LogP contribution is -2.18. The first-order chi connectivity index (χ1) is 9.10. The highest BCUT2D eigenvalue weighted by Crippen LogP contribution is 2.22. The van der Waals surface area contributed by atoms with Gasteiger partial charge in [-0.2, -0.15) is 0 Å². The molecule has 19 heavy (non-hydrogen) atoms. The van der Waals surface area contributed by atoms with Gasteiger partial charge in [0.15, 0.2) is 0 Å². The molecule has 1 heterocycles. The van der Waals surface area contributed by atoms with Crippen LogP contribution in [0, 0.1) is 5.82 Å². The Labute approximate surface area is 125 Å². The van der Waals surface area contributed by atoms with Crippen molar-refractivity contribution in [1.82, 2.24) is 4.90 Å². The highest BCUT2D eigenvalue weighted by molar-refractivity contribution is 9.10. The number of rotatable bonds is 5. The topological polar surface area (TPSA) is 29.3 Å². The van der Waals surface area contributed by atoms with Gasteiger partial charge in [0.25, 0.3) is 0 Å². The van der Waals surface area contributed by atoms with Crippen molar-refractivity contribution in [2.75, 3.05) is 7.05 Å². The molecular weight excluding hydrogens is 327 g/mol. The van der Waals surface area contributed by atoms with Crippen molar-refractivity contribution in [3.8, 4) is 0 Å². The SMILES string of the molecule is CN(Cc1cc(Br)cs1)Cc1cccc(CN)c1F. The van der Waals surface area contributed by atoms with E-state index in [4.69, 9.17) is 5.73 Å². The zero-order valence-corrected chi connectivity index (χ0v) is 13.1. The smallest absolute Gasteiger partial charge is 0.132 e. The maximum absolute atomic E-state index is 14.1. The summed E-state index contributed by atoms with van der Waals surface area (Å²) < 4.78 is 15.2. The molecule has 2 aromatic rings. The number of benzene rings is 1. The van der Waals surface area contributed by atoms with Gasteiger partial charge in [0.2, 0.25) is 0 Å². The van der Waals surface area contributed by atoms with Crippen LogP contribution in [0.4, 0.5) is 4.39 Å². The van der Waals surface area contributed by atoms with Gasteiger partial charge >= 0.3 is 0 Å². The summed E-state index contributed by atoms with van der Waals surface area (Å²) in [5.74, 6) is -0.177. The standard InChI is InChI=1S/C14H16BrFN2S/c1-18(8-13-5-12(15)9-19-13)7-11-4-2-3-10(6-17)14(11)16/h2-5,9H,6-8,17H2,1H3. The fourth-order valence-corrected chi connectivity index (χ4v) is 3.49. The molecule has 0 aliphatic carbocycles. The summed E-state index contributed by atoms with van der Waals surface area (Å²) in [4.78, 5) is 3.35. The predicted molar refractivity (Wildman–Crippen MR) is 81.5 cm³/mol. The maximum atomic E-state index is 14.1. The molecule has 1 aromatic heterocycles. The van der Waals surface area contributed by atoms with E-state index in [0.29, 0.717) is 17.7 Å². The van der Waals surface area contributed by atoms with Crippen molar-refractivity contribution in [2.24, 2.45) is 5.73 Å². The molecule has 2 N–H and O–H groups in total. The van der Waals surface area contributed by atoms with E-state index >= 15 is 0 Å². The Morgan fingerprint density at radius 3 is 2.68 bits per heavy atom. The monoisotopic (exact) mass is 342 g/mol. The number of halogens is 2. The Morgan fingerprint density at radius 2 is 2.05 bits per heavy atom. The van der Waals surface area contributed by atoms with Gasteiger partial charge in [-0.1, -0.05) is 18.2 Å². The summed E-state index contributed by atoms with van der Waals surface area (Å²) in [6.07, 6.45) is 0. The van der Waals surface area contributed by atoms with Crippen molar-refractivity contribution in [3.63, 3.8) is 0 Å². The molecule has 2 nitrogen and oxygen atoms in total. The molecular formula is C14H16BrFN2S. The summed E-state index contributed by atoms with van der Waals surface area (Å²) in [7, 11) is 1.99. The molecule has 0 fully saturated rings. The lowest BCUT2D eigenvalue weighted by molar-refractivity contribution is 0.316. The summed E-state index contributed by atoms with van der Waals surface area (Å²) >= 11 is 5.14. The first-order valence-corrected chi connectivity index (χ1v) is 7.65. The molecule has 0 bridgehead atoms. The molecule has 0 saturated heterocycles. The Bertz CT molecular complexity index is 556. The molecule has 1 aromatic carbocycles. The van der Waals surface area contributed by atoms with Gasteiger partial charge in [-0.3, -0.25) is 4.90 Å². The number of hydrogen-bond donors (Lipinski definition) is 1. The summed E-state index contributed by atoms with van der Waals surface area (Å²) in [6, 6.07) is 7.49. The average Bonchev–Trinajstić information content (AvgIpc) is 2.77. The van der Waals surface area contributed by atoms with Crippen molar-refractivity contribution in [3.05, 3.63) is 55.9 Å². The fourth-order valence-electron chi connectivity index (χ4n) is 1.96. The van der Waals surface area contributed by atoms with Crippen molar-refractivity contribution in [2.45, 2.75) is 19.6 Å². The highest BCUT2D eigenvalue weighted by atomic mass is 79.9. The number of thiophene rings is 1. The van der Waals surface area contributed by atoms with Crippen LogP contribution in [0.15, 0.2) is 34.1 Å². The zero-order valence-electron chi connectivity index (χ0n) is 10.7. The van der Waals surface area contributed by atoms with Crippen LogP contribution in [0.5, 0.6) is 0 Å².